The number of nitrogens with one attached hydrogen (secondary N) is 2. The lowest BCUT2D eigenvalue weighted by Gasteiger charge is -2.04. The largest absolute Gasteiger partial charge is 0.416 e. The predicted molar refractivity (Wildman–Crippen MR) is 41.9 cm³/mol. The van der Waals surface area contributed by atoms with Gasteiger partial charge in [-0.15, -0.1) is 0 Å². The van der Waals surface area contributed by atoms with E-state index in [1.807, 2.05) is 13.8 Å². The normalized spacial score (nSPS) is 10.2. The van der Waals surface area contributed by atoms with E-state index >= 15 is 0 Å². The maximum atomic E-state index is 11.1. The van der Waals surface area contributed by atoms with Crippen LogP contribution in [0.2, 0.25) is 0 Å². The summed E-state index contributed by atoms with van der Waals surface area (Å²) in [5.74, 6) is -0.959. The van der Waals surface area contributed by atoms with Crippen LogP contribution in [-0.4, -0.2) is 16.9 Å². The number of H-pyrrole nitrogens is 1. The molecule has 0 saturated carbocycles. The lowest BCUT2D eigenvalue weighted by atomic mass is 10.3. The SMILES string of the molecule is CC(C)NC(=O)c1coc(=O)[nH]1. The molecule has 2 N–H and O–H groups in total. The van der Waals surface area contributed by atoms with Crippen LogP contribution in [0.1, 0.15) is 24.3 Å². The number of amides is 1. The van der Waals surface area contributed by atoms with Crippen LogP contribution in [0.3, 0.4) is 0 Å². The molecule has 0 unspecified atom stereocenters. The summed E-state index contributed by atoms with van der Waals surface area (Å²) in [7, 11) is 0. The van der Waals surface area contributed by atoms with E-state index in [1.165, 1.54) is 0 Å². The molecule has 1 amide bonds. The highest BCUT2D eigenvalue weighted by atomic mass is 16.4. The Balaban J connectivity index is 2.72. The minimum absolute atomic E-state index is 0.0379. The van der Waals surface area contributed by atoms with Crippen LogP contribution in [-0.2, 0) is 0 Å². The van der Waals surface area contributed by atoms with E-state index < -0.39 is 5.76 Å². The lowest BCUT2D eigenvalue weighted by Crippen LogP contribution is -2.30. The van der Waals surface area contributed by atoms with E-state index in [1.54, 1.807) is 0 Å². The molecule has 0 saturated heterocycles. The van der Waals surface area contributed by atoms with Gasteiger partial charge in [0.25, 0.3) is 5.91 Å². The molecule has 0 fully saturated rings. The van der Waals surface area contributed by atoms with E-state index in [2.05, 4.69) is 14.7 Å². The smallest absolute Gasteiger partial charge is 0.416 e. The monoisotopic (exact) mass is 170 g/mol. The number of oxazole rings is 1. The zero-order chi connectivity index (χ0) is 9.14. The van der Waals surface area contributed by atoms with Crippen molar-refractivity contribution in [3.05, 3.63) is 22.5 Å². The summed E-state index contributed by atoms with van der Waals surface area (Å²) < 4.78 is 4.40. The van der Waals surface area contributed by atoms with Gasteiger partial charge in [-0.2, -0.15) is 0 Å². The Morgan fingerprint density at radius 3 is 2.75 bits per heavy atom. The van der Waals surface area contributed by atoms with Crippen LogP contribution < -0.4 is 11.1 Å². The molecule has 0 radical (unpaired) electrons. The fourth-order valence-corrected chi connectivity index (χ4v) is 0.732. The maximum absolute atomic E-state index is 11.1. The van der Waals surface area contributed by atoms with Crippen LogP contribution >= 0.6 is 0 Å². The van der Waals surface area contributed by atoms with Crippen molar-refractivity contribution in [2.45, 2.75) is 19.9 Å². The minimum Gasteiger partial charge on any atom is -0.416 e. The first kappa shape index (κ1) is 8.58. The Labute approximate surface area is 68.8 Å². The van der Waals surface area contributed by atoms with Crippen LogP contribution in [0.15, 0.2) is 15.5 Å². The van der Waals surface area contributed by atoms with Gasteiger partial charge in [0, 0.05) is 6.04 Å². The Kier molecular flexibility index (Phi) is 2.32. The number of aromatic amines is 1. The highest BCUT2D eigenvalue weighted by Gasteiger charge is 2.09. The molecular weight excluding hydrogens is 160 g/mol. The molecule has 0 aliphatic rings. The number of hydrogen-bond donors (Lipinski definition) is 2. The second kappa shape index (κ2) is 3.25. The van der Waals surface area contributed by atoms with E-state index in [-0.39, 0.29) is 17.6 Å². The zero-order valence-electron chi connectivity index (χ0n) is 6.88. The summed E-state index contributed by atoms with van der Waals surface area (Å²) in [6.45, 7) is 3.66. The average molecular weight is 170 g/mol. The van der Waals surface area contributed by atoms with Crippen molar-refractivity contribution in [1.82, 2.24) is 10.3 Å². The highest BCUT2D eigenvalue weighted by molar-refractivity contribution is 5.91. The zero-order valence-corrected chi connectivity index (χ0v) is 6.88. The summed E-state index contributed by atoms with van der Waals surface area (Å²) >= 11 is 0. The molecule has 0 atom stereocenters. The Morgan fingerprint density at radius 2 is 2.33 bits per heavy atom. The summed E-state index contributed by atoms with van der Waals surface area (Å²) in [6.07, 6.45) is 1.10. The number of carbonyl (C=O) groups excluding carboxylic acids is 1. The lowest BCUT2D eigenvalue weighted by molar-refractivity contribution is 0.0938. The molecule has 0 aliphatic carbocycles. The Hall–Kier alpha value is -1.52. The summed E-state index contributed by atoms with van der Waals surface area (Å²) in [5, 5.41) is 2.60. The van der Waals surface area contributed by atoms with E-state index in [9.17, 15) is 9.59 Å². The summed E-state index contributed by atoms with van der Waals surface area (Å²) in [5.41, 5.74) is 0.147. The van der Waals surface area contributed by atoms with Crippen molar-refractivity contribution in [2.24, 2.45) is 0 Å². The maximum Gasteiger partial charge on any atom is 0.416 e. The van der Waals surface area contributed by atoms with Gasteiger partial charge in [-0.05, 0) is 13.8 Å². The molecule has 5 nitrogen and oxygen atoms in total. The van der Waals surface area contributed by atoms with E-state index in [0.29, 0.717) is 0 Å². The van der Waals surface area contributed by atoms with Crippen molar-refractivity contribution in [1.29, 1.82) is 0 Å². The van der Waals surface area contributed by atoms with Crippen LogP contribution in [0.25, 0.3) is 0 Å². The number of hydrogen-bond acceptors (Lipinski definition) is 3. The fourth-order valence-electron chi connectivity index (χ4n) is 0.732. The van der Waals surface area contributed by atoms with Crippen molar-refractivity contribution in [2.75, 3.05) is 0 Å². The third-order valence-corrected chi connectivity index (χ3v) is 1.18. The van der Waals surface area contributed by atoms with Gasteiger partial charge in [-0.3, -0.25) is 9.78 Å². The van der Waals surface area contributed by atoms with E-state index in [4.69, 9.17) is 0 Å². The third-order valence-electron chi connectivity index (χ3n) is 1.18. The molecule has 1 heterocycles. The molecular formula is C7H10N2O3. The molecule has 66 valence electrons. The van der Waals surface area contributed by atoms with E-state index in [0.717, 1.165) is 6.26 Å². The first-order valence-corrected chi connectivity index (χ1v) is 3.58. The number of aromatic nitrogens is 1. The topological polar surface area (TPSA) is 75.1 Å². The molecule has 0 aromatic carbocycles. The van der Waals surface area contributed by atoms with Gasteiger partial charge in [0.15, 0.2) is 0 Å². The van der Waals surface area contributed by atoms with Crippen molar-refractivity contribution < 1.29 is 9.21 Å². The predicted octanol–water partition coefficient (Wildman–Crippen LogP) is 0.106. The van der Waals surface area contributed by atoms with Gasteiger partial charge in [-0.25, -0.2) is 4.79 Å². The molecule has 5 heteroatoms. The molecule has 1 aromatic heterocycles. The van der Waals surface area contributed by atoms with Crippen LogP contribution in [0.4, 0.5) is 0 Å². The number of carbonyl (C=O) groups is 1. The van der Waals surface area contributed by atoms with Gasteiger partial charge in [0.05, 0.1) is 0 Å². The molecule has 0 bridgehead atoms. The Morgan fingerprint density at radius 1 is 1.67 bits per heavy atom. The van der Waals surface area contributed by atoms with Gasteiger partial charge in [-0.1, -0.05) is 0 Å². The second-order valence-corrected chi connectivity index (χ2v) is 2.69. The summed E-state index contributed by atoms with van der Waals surface area (Å²) in [6, 6.07) is 0.0379. The quantitative estimate of drug-likeness (QED) is 0.661. The molecule has 0 aliphatic heterocycles. The van der Waals surface area contributed by atoms with Crippen molar-refractivity contribution >= 4 is 5.91 Å². The van der Waals surface area contributed by atoms with Gasteiger partial charge in [0.1, 0.15) is 12.0 Å². The highest BCUT2D eigenvalue weighted by Crippen LogP contribution is 1.90. The minimum atomic E-state index is -0.621. The van der Waals surface area contributed by atoms with Crippen LogP contribution in [0.5, 0.6) is 0 Å². The summed E-state index contributed by atoms with van der Waals surface area (Å²) in [4.78, 5) is 23.9. The fraction of sp³-hybridized carbons (Fsp3) is 0.429. The van der Waals surface area contributed by atoms with Crippen molar-refractivity contribution in [3.8, 4) is 0 Å². The van der Waals surface area contributed by atoms with Gasteiger partial charge in [0.2, 0.25) is 0 Å². The first-order valence-electron chi connectivity index (χ1n) is 3.58. The van der Waals surface area contributed by atoms with Gasteiger partial charge >= 0.3 is 5.76 Å². The molecule has 1 aromatic rings. The second-order valence-electron chi connectivity index (χ2n) is 2.69. The molecule has 0 spiro atoms. The standard InChI is InChI=1S/C7H10N2O3/c1-4(2)8-6(10)5-3-12-7(11)9-5/h3-4H,1-2H3,(H,8,10)(H,9,11). The molecule has 1 rings (SSSR count). The number of rotatable bonds is 2. The molecule has 12 heavy (non-hydrogen) atoms. The van der Waals surface area contributed by atoms with Crippen LogP contribution in [0, 0.1) is 0 Å². The first-order chi connectivity index (χ1) is 5.59. The van der Waals surface area contributed by atoms with Gasteiger partial charge < -0.3 is 9.73 Å². The Bertz CT molecular complexity index is 323. The average Bonchev–Trinajstić information content (AvgIpc) is 2.34. The third kappa shape index (κ3) is 1.98. The van der Waals surface area contributed by atoms with Crippen molar-refractivity contribution in [3.63, 3.8) is 0 Å².